The minimum atomic E-state index is 0.599. The van der Waals surface area contributed by atoms with Crippen molar-refractivity contribution in [2.75, 3.05) is 5.32 Å². The van der Waals surface area contributed by atoms with Gasteiger partial charge in [0.1, 0.15) is 0 Å². The van der Waals surface area contributed by atoms with Crippen LogP contribution in [0.5, 0.6) is 0 Å². The summed E-state index contributed by atoms with van der Waals surface area (Å²) < 4.78 is 3.35. The average molecular weight is 230 g/mol. The molecule has 0 aliphatic rings. The first kappa shape index (κ1) is 9.70. The molecule has 0 saturated carbocycles. The Hall–Kier alpha value is -2.51. The molecule has 0 aromatic carbocycles. The van der Waals surface area contributed by atoms with Crippen molar-refractivity contribution in [1.82, 2.24) is 34.8 Å². The quantitative estimate of drug-likeness (QED) is 0.674. The number of tetrazole rings is 1. The number of fused-ring (bicyclic) bond motifs is 1. The molecule has 0 unspecified atom stereocenters. The third-order valence-corrected chi connectivity index (χ3v) is 2.33. The lowest BCUT2D eigenvalue weighted by atomic mass is 10.4. The van der Waals surface area contributed by atoms with Crippen molar-refractivity contribution < 1.29 is 0 Å². The summed E-state index contributed by atoms with van der Waals surface area (Å²) in [6, 6.07) is 1.94. The topological polar surface area (TPSA) is 85.8 Å². The van der Waals surface area contributed by atoms with Gasteiger partial charge in [-0.25, -0.2) is 0 Å². The molecular formula is C9H10N8. The molecular weight excluding hydrogens is 220 g/mol. The monoisotopic (exact) mass is 230 g/mol. The first-order valence-electron chi connectivity index (χ1n) is 5.07. The highest BCUT2D eigenvalue weighted by molar-refractivity contribution is 5.43. The summed E-state index contributed by atoms with van der Waals surface area (Å²) in [6.07, 6.45) is 5.17. The zero-order chi connectivity index (χ0) is 11.7. The van der Waals surface area contributed by atoms with E-state index in [1.165, 1.54) is 0 Å². The van der Waals surface area contributed by atoms with E-state index in [0.29, 0.717) is 12.2 Å². The maximum atomic E-state index is 4.27. The molecule has 86 valence electrons. The van der Waals surface area contributed by atoms with Crippen LogP contribution in [0.1, 0.15) is 5.69 Å². The first-order chi connectivity index (χ1) is 8.33. The Morgan fingerprint density at radius 3 is 3.12 bits per heavy atom. The summed E-state index contributed by atoms with van der Waals surface area (Å²) >= 11 is 0. The third-order valence-electron chi connectivity index (χ3n) is 2.33. The van der Waals surface area contributed by atoms with Crippen molar-refractivity contribution in [2.45, 2.75) is 6.54 Å². The van der Waals surface area contributed by atoms with Crippen LogP contribution >= 0.6 is 0 Å². The number of nitrogens with zero attached hydrogens (tertiary/aromatic N) is 7. The molecule has 0 bridgehead atoms. The van der Waals surface area contributed by atoms with Crippen LogP contribution in [0.15, 0.2) is 24.7 Å². The molecule has 0 fully saturated rings. The Morgan fingerprint density at radius 2 is 2.29 bits per heavy atom. The maximum absolute atomic E-state index is 4.27. The highest BCUT2D eigenvalue weighted by Crippen LogP contribution is 2.07. The normalized spacial score (nSPS) is 10.9. The maximum Gasteiger partial charge on any atom is 0.199 e. The summed E-state index contributed by atoms with van der Waals surface area (Å²) in [4.78, 5) is 4.05. The molecule has 8 heteroatoms. The summed E-state index contributed by atoms with van der Waals surface area (Å²) in [5.74, 6) is 0.734. The van der Waals surface area contributed by atoms with Crippen LogP contribution in [0, 0.1) is 0 Å². The standard InChI is InChI=1S/C9H10N8/c1-16-3-2-7(13-16)4-11-8-5-10-6-9-12-14-15-17(8)9/h2-3,5-6,11H,4H2,1H3. The Morgan fingerprint density at radius 1 is 1.35 bits per heavy atom. The summed E-state index contributed by atoms with van der Waals surface area (Å²) in [7, 11) is 1.88. The van der Waals surface area contributed by atoms with Gasteiger partial charge in [0.15, 0.2) is 11.5 Å². The van der Waals surface area contributed by atoms with Crippen molar-refractivity contribution in [1.29, 1.82) is 0 Å². The molecule has 8 nitrogen and oxygen atoms in total. The molecule has 3 rings (SSSR count). The molecule has 0 radical (unpaired) electrons. The van der Waals surface area contributed by atoms with Gasteiger partial charge < -0.3 is 5.32 Å². The van der Waals surface area contributed by atoms with E-state index in [-0.39, 0.29) is 0 Å². The Bertz CT molecular complexity index is 639. The van der Waals surface area contributed by atoms with Crippen LogP contribution in [0.2, 0.25) is 0 Å². The van der Waals surface area contributed by atoms with E-state index in [9.17, 15) is 0 Å². The van der Waals surface area contributed by atoms with Crippen LogP contribution in [-0.2, 0) is 13.6 Å². The lowest BCUT2D eigenvalue weighted by molar-refractivity contribution is 0.745. The Balaban J connectivity index is 1.83. The van der Waals surface area contributed by atoms with Gasteiger partial charge in [-0.05, 0) is 16.5 Å². The van der Waals surface area contributed by atoms with Gasteiger partial charge in [0.25, 0.3) is 0 Å². The molecule has 0 aliphatic carbocycles. The van der Waals surface area contributed by atoms with Crippen LogP contribution in [0.25, 0.3) is 5.65 Å². The molecule has 3 heterocycles. The predicted molar refractivity (Wildman–Crippen MR) is 59.1 cm³/mol. The van der Waals surface area contributed by atoms with Gasteiger partial charge in [0, 0.05) is 13.2 Å². The van der Waals surface area contributed by atoms with E-state index in [0.717, 1.165) is 11.5 Å². The smallest absolute Gasteiger partial charge is 0.199 e. The van der Waals surface area contributed by atoms with Gasteiger partial charge in [-0.15, -0.1) is 5.10 Å². The Labute approximate surface area is 96.3 Å². The van der Waals surface area contributed by atoms with Crippen LogP contribution in [0.4, 0.5) is 5.82 Å². The SMILES string of the molecule is Cn1ccc(CNc2cncc3nnnn23)n1. The molecule has 0 aliphatic heterocycles. The number of hydrogen-bond donors (Lipinski definition) is 1. The molecule has 3 aromatic rings. The number of aryl methyl sites for hydroxylation is 1. The zero-order valence-electron chi connectivity index (χ0n) is 9.15. The van der Waals surface area contributed by atoms with Gasteiger partial charge >= 0.3 is 0 Å². The van der Waals surface area contributed by atoms with E-state index >= 15 is 0 Å². The first-order valence-corrected chi connectivity index (χ1v) is 5.07. The minimum Gasteiger partial charge on any atom is -0.363 e. The van der Waals surface area contributed by atoms with Gasteiger partial charge in [0.05, 0.1) is 24.6 Å². The van der Waals surface area contributed by atoms with Crippen molar-refractivity contribution in [2.24, 2.45) is 7.05 Å². The fraction of sp³-hybridized carbons (Fsp3) is 0.222. The van der Waals surface area contributed by atoms with E-state index in [1.807, 2.05) is 19.3 Å². The third kappa shape index (κ3) is 1.80. The highest BCUT2D eigenvalue weighted by Gasteiger charge is 2.04. The number of rotatable bonds is 3. The average Bonchev–Trinajstić information content (AvgIpc) is 2.94. The summed E-state index contributed by atoms with van der Waals surface area (Å²) in [5, 5.41) is 18.7. The van der Waals surface area contributed by atoms with Gasteiger partial charge in [-0.1, -0.05) is 0 Å². The molecule has 0 spiro atoms. The van der Waals surface area contributed by atoms with E-state index in [4.69, 9.17) is 0 Å². The number of hydrogen-bond acceptors (Lipinski definition) is 6. The molecule has 0 atom stereocenters. The highest BCUT2D eigenvalue weighted by atomic mass is 15.5. The van der Waals surface area contributed by atoms with E-state index in [2.05, 4.69) is 30.9 Å². The minimum absolute atomic E-state index is 0.599. The summed E-state index contributed by atoms with van der Waals surface area (Å²) in [5.41, 5.74) is 1.55. The van der Waals surface area contributed by atoms with Crippen LogP contribution in [-0.4, -0.2) is 34.8 Å². The summed E-state index contributed by atoms with van der Waals surface area (Å²) in [6.45, 7) is 0.599. The van der Waals surface area contributed by atoms with Crippen molar-refractivity contribution in [3.8, 4) is 0 Å². The number of aromatic nitrogens is 7. The molecule has 0 amide bonds. The molecule has 17 heavy (non-hydrogen) atoms. The van der Waals surface area contributed by atoms with Crippen molar-refractivity contribution in [3.05, 3.63) is 30.4 Å². The second-order valence-corrected chi connectivity index (χ2v) is 3.58. The van der Waals surface area contributed by atoms with Gasteiger partial charge in [0.2, 0.25) is 0 Å². The van der Waals surface area contributed by atoms with E-state index < -0.39 is 0 Å². The predicted octanol–water partition coefficient (Wildman–Crippen LogP) is -0.135. The van der Waals surface area contributed by atoms with Crippen LogP contribution < -0.4 is 5.32 Å². The second kappa shape index (κ2) is 3.81. The fourth-order valence-corrected chi connectivity index (χ4v) is 1.53. The Kier molecular flexibility index (Phi) is 2.18. The zero-order valence-corrected chi connectivity index (χ0v) is 9.15. The van der Waals surface area contributed by atoms with E-state index in [1.54, 1.807) is 21.6 Å². The molecule has 3 aromatic heterocycles. The second-order valence-electron chi connectivity index (χ2n) is 3.58. The fourth-order valence-electron chi connectivity index (χ4n) is 1.53. The van der Waals surface area contributed by atoms with Crippen molar-refractivity contribution >= 4 is 11.5 Å². The van der Waals surface area contributed by atoms with Crippen LogP contribution in [0.3, 0.4) is 0 Å². The molecule has 0 saturated heterocycles. The lowest BCUT2D eigenvalue weighted by Gasteiger charge is -2.04. The van der Waals surface area contributed by atoms with Crippen molar-refractivity contribution in [3.63, 3.8) is 0 Å². The number of nitrogens with one attached hydrogen (secondary N) is 1. The lowest BCUT2D eigenvalue weighted by Crippen LogP contribution is -2.06. The largest absolute Gasteiger partial charge is 0.363 e. The van der Waals surface area contributed by atoms with Gasteiger partial charge in [-0.2, -0.15) is 9.61 Å². The molecule has 1 N–H and O–H groups in total. The van der Waals surface area contributed by atoms with Gasteiger partial charge in [-0.3, -0.25) is 9.67 Å². The number of anilines is 1.